The van der Waals surface area contributed by atoms with Gasteiger partial charge >= 0.3 is 0 Å². The lowest BCUT2D eigenvalue weighted by atomic mass is 9.86. The summed E-state index contributed by atoms with van der Waals surface area (Å²) >= 11 is 0. The third kappa shape index (κ3) is 5.01. The highest BCUT2D eigenvalue weighted by Gasteiger charge is 2.15. The Bertz CT molecular complexity index is 445. The lowest BCUT2D eigenvalue weighted by Crippen LogP contribution is -2.37. The molecule has 118 valence electrons. The van der Waals surface area contributed by atoms with Crippen molar-refractivity contribution in [3.05, 3.63) is 29.3 Å². The minimum Gasteiger partial charge on any atom is -0.493 e. The Hall–Kier alpha value is -1.06. The first-order valence-electron chi connectivity index (χ1n) is 8.01. The van der Waals surface area contributed by atoms with Crippen LogP contribution in [0.3, 0.4) is 0 Å². The van der Waals surface area contributed by atoms with Gasteiger partial charge in [-0.3, -0.25) is 4.90 Å². The minimum absolute atomic E-state index is 0.194. The van der Waals surface area contributed by atoms with Gasteiger partial charge in [0.05, 0.1) is 19.8 Å². The lowest BCUT2D eigenvalue weighted by molar-refractivity contribution is 0.0358. The number of morpholine rings is 1. The molecule has 0 spiro atoms. The summed E-state index contributed by atoms with van der Waals surface area (Å²) in [7, 11) is 0. The number of nitrogens with zero attached hydrogens (tertiary/aromatic N) is 1. The molecule has 21 heavy (non-hydrogen) atoms. The first-order valence-corrected chi connectivity index (χ1v) is 8.01. The van der Waals surface area contributed by atoms with Crippen molar-refractivity contribution in [3.63, 3.8) is 0 Å². The molecule has 0 N–H and O–H groups in total. The van der Waals surface area contributed by atoms with Crippen molar-refractivity contribution in [1.29, 1.82) is 0 Å². The van der Waals surface area contributed by atoms with E-state index in [0.717, 1.165) is 51.6 Å². The second-order valence-corrected chi connectivity index (χ2v) is 6.89. The SMILES string of the molecule is Cc1cc(C(C)(C)C)ccc1OCCCN1CCOCC1. The number of rotatable bonds is 5. The molecule has 0 radical (unpaired) electrons. The predicted molar refractivity (Wildman–Crippen MR) is 87.3 cm³/mol. The van der Waals surface area contributed by atoms with Gasteiger partial charge in [0.25, 0.3) is 0 Å². The van der Waals surface area contributed by atoms with Crippen molar-refractivity contribution in [2.45, 2.75) is 39.5 Å². The van der Waals surface area contributed by atoms with E-state index in [1.54, 1.807) is 0 Å². The van der Waals surface area contributed by atoms with Crippen LogP contribution in [0, 0.1) is 6.92 Å². The van der Waals surface area contributed by atoms with Gasteiger partial charge < -0.3 is 9.47 Å². The average Bonchev–Trinajstić information content (AvgIpc) is 2.45. The quantitative estimate of drug-likeness (QED) is 0.776. The molecule has 3 nitrogen and oxygen atoms in total. The molecule has 1 aromatic carbocycles. The maximum Gasteiger partial charge on any atom is 0.122 e. The topological polar surface area (TPSA) is 21.7 Å². The van der Waals surface area contributed by atoms with Crippen molar-refractivity contribution < 1.29 is 9.47 Å². The summed E-state index contributed by atoms with van der Waals surface area (Å²) < 4.78 is 11.3. The molecule has 1 fully saturated rings. The molecule has 1 aliphatic heterocycles. The van der Waals surface area contributed by atoms with Gasteiger partial charge in [-0.15, -0.1) is 0 Å². The fraction of sp³-hybridized carbons (Fsp3) is 0.667. The fourth-order valence-corrected chi connectivity index (χ4v) is 2.57. The third-order valence-corrected chi connectivity index (χ3v) is 4.02. The summed E-state index contributed by atoms with van der Waals surface area (Å²) in [5.74, 6) is 1.02. The standard InChI is InChI=1S/C18H29NO2/c1-15-14-16(18(2,3)4)6-7-17(15)21-11-5-8-19-9-12-20-13-10-19/h6-7,14H,5,8-13H2,1-4H3. The molecular weight excluding hydrogens is 262 g/mol. The minimum atomic E-state index is 0.194. The number of benzene rings is 1. The second kappa shape index (κ2) is 7.28. The van der Waals surface area contributed by atoms with E-state index in [-0.39, 0.29) is 5.41 Å². The van der Waals surface area contributed by atoms with Gasteiger partial charge in [0.2, 0.25) is 0 Å². The Kier molecular flexibility index (Phi) is 5.65. The summed E-state index contributed by atoms with van der Waals surface area (Å²) in [4.78, 5) is 2.45. The zero-order chi connectivity index (χ0) is 15.3. The molecule has 0 aromatic heterocycles. The molecular formula is C18H29NO2. The van der Waals surface area contributed by atoms with Crippen LogP contribution in [0.4, 0.5) is 0 Å². The van der Waals surface area contributed by atoms with Gasteiger partial charge in [-0.25, -0.2) is 0 Å². The van der Waals surface area contributed by atoms with Gasteiger partial charge in [-0.2, -0.15) is 0 Å². The zero-order valence-electron chi connectivity index (χ0n) is 13.9. The van der Waals surface area contributed by atoms with Crippen LogP contribution < -0.4 is 4.74 Å². The second-order valence-electron chi connectivity index (χ2n) is 6.89. The van der Waals surface area contributed by atoms with Crippen LogP contribution in [0.15, 0.2) is 18.2 Å². The predicted octanol–water partition coefficient (Wildman–Crippen LogP) is 3.39. The molecule has 0 saturated carbocycles. The first kappa shape index (κ1) is 16.3. The monoisotopic (exact) mass is 291 g/mol. The van der Waals surface area contributed by atoms with Gasteiger partial charge in [0.1, 0.15) is 5.75 Å². The molecule has 1 saturated heterocycles. The third-order valence-electron chi connectivity index (χ3n) is 4.02. The van der Waals surface area contributed by atoms with E-state index >= 15 is 0 Å². The summed E-state index contributed by atoms with van der Waals surface area (Å²) in [6, 6.07) is 6.55. The fourth-order valence-electron chi connectivity index (χ4n) is 2.57. The first-order chi connectivity index (χ1) is 9.97. The van der Waals surface area contributed by atoms with Crippen LogP contribution in [0.2, 0.25) is 0 Å². The van der Waals surface area contributed by atoms with Crippen LogP contribution in [0.1, 0.15) is 38.3 Å². The molecule has 1 aliphatic rings. The molecule has 1 aromatic rings. The lowest BCUT2D eigenvalue weighted by Gasteiger charge is -2.26. The van der Waals surface area contributed by atoms with Crippen LogP contribution >= 0.6 is 0 Å². The number of aryl methyl sites for hydroxylation is 1. The van der Waals surface area contributed by atoms with E-state index in [2.05, 4.69) is 50.8 Å². The molecule has 1 heterocycles. The maximum atomic E-state index is 5.94. The van der Waals surface area contributed by atoms with Crippen LogP contribution in [-0.2, 0) is 10.2 Å². The Morgan fingerprint density at radius 3 is 2.52 bits per heavy atom. The van der Waals surface area contributed by atoms with Gasteiger partial charge in [0.15, 0.2) is 0 Å². The van der Waals surface area contributed by atoms with E-state index in [1.165, 1.54) is 11.1 Å². The highest BCUT2D eigenvalue weighted by Crippen LogP contribution is 2.27. The molecule has 0 amide bonds. The summed E-state index contributed by atoms with van der Waals surface area (Å²) in [5.41, 5.74) is 2.79. The van der Waals surface area contributed by atoms with E-state index < -0.39 is 0 Å². The van der Waals surface area contributed by atoms with E-state index in [0.29, 0.717) is 0 Å². The van der Waals surface area contributed by atoms with Crippen molar-refractivity contribution in [2.24, 2.45) is 0 Å². The highest BCUT2D eigenvalue weighted by atomic mass is 16.5. The molecule has 0 unspecified atom stereocenters. The molecule has 2 rings (SSSR count). The van der Waals surface area contributed by atoms with Gasteiger partial charge in [-0.1, -0.05) is 32.9 Å². The Labute approximate surface area is 129 Å². The molecule has 3 heteroatoms. The molecule has 0 aliphatic carbocycles. The summed E-state index contributed by atoms with van der Waals surface area (Å²) in [6.07, 6.45) is 1.07. The zero-order valence-corrected chi connectivity index (χ0v) is 13.9. The van der Waals surface area contributed by atoms with Crippen molar-refractivity contribution >= 4 is 0 Å². The van der Waals surface area contributed by atoms with E-state index in [4.69, 9.17) is 9.47 Å². The smallest absolute Gasteiger partial charge is 0.122 e. The van der Waals surface area contributed by atoms with Gasteiger partial charge in [-0.05, 0) is 36.0 Å². The van der Waals surface area contributed by atoms with Crippen LogP contribution in [-0.4, -0.2) is 44.4 Å². The summed E-state index contributed by atoms with van der Waals surface area (Å²) in [6.45, 7) is 14.6. The van der Waals surface area contributed by atoms with Gasteiger partial charge in [0, 0.05) is 19.6 Å². The number of hydrogen-bond acceptors (Lipinski definition) is 3. The number of hydrogen-bond donors (Lipinski definition) is 0. The summed E-state index contributed by atoms with van der Waals surface area (Å²) in [5, 5.41) is 0. The normalized spacial score (nSPS) is 17.0. The molecule has 0 atom stereocenters. The molecule has 0 bridgehead atoms. The Morgan fingerprint density at radius 1 is 1.19 bits per heavy atom. The largest absolute Gasteiger partial charge is 0.493 e. The van der Waals surface area contributed by atoms with Crippen molar-refractivity contribution in [2.75, 3.05) is 39.5 Å². The van der Waals surface area contributed by atoms with E-state index in [9.17, 15) is 0 Å². The van der Waals surface area contributed by atoms with Crippen molar-refractivity contribution in [1.82, 2.24) is 4.90 Å². The Morgan fingerprint density at radius 2 is 1.90 bits per heavy atom. The van der Waals surface area contributed by atoms with Crippen LogP contribution in [0.5, 0.6) is 5.75 Å². The number of ether oxygens (including phenoxy) is 2. The average molecular weight is 291 g/mol. The van der Waals surface area contributed by atoms with Crippen LogP contribution in [0.25, 0.3) is 0 Å². The van der Waals surface area contributed by atoms with Crippen molar-refractivity contribution in [3.8, 4) is 5.75 Å². The van der Waals surface area contributed by atoms with E-state index in [1.807, 2.05) is 0 Å². The maximum absolute atomic E-state index is 5.94. The highest BCUT2D eigenvalue weighted by molar-refractivity contribution is 5.38. The Balaban J connectivity index is 1.78.